The van der Waals surface area contributed by atoms with Crippen LogP contribution in [0.3, 0.4) is 0 Å². The number of amides is 2. The van der Waals surface area contributed by atoms with Gasteiger partial charge in [-0.3, -0.25) is 14.6 Å². The van der Waals surface area contributed by atoms with E-state index in [1.165, 1.54) is 0 Å². The average Bonchev–Trinajstić information content (AvgIpc) is 2.60. The molecule has 5 nitrogen and oxygen atoms in total. The summed E-state index contributed by atoms with van der Waals surface area (Å²) < 4.78 is 0. The highest BCUT2D eigenvalue weighted by Crippen LogP contribution is 2.10. The average molecular weight is 360 g/mol. The minimum atomic E-state index is -0.600. The molecule has 0 fully saturated rings. The molecule has 0 spiro atoms. The predicted molar refractivity (Wildman–Crippen MR) is 98.5 cm³/mol. The van der Waals surface area contributed by atoms with Gasteiger partial charge in [-0.1, -0.05) is 31.5 Å². The summed E-state index contributed by atoms with van der Waals surface area (Å²) in [4.78, 5) is 28.8. The summed E-state index contributed by atoms with van der Waals surface area (Å²) in [5.41, 5.74) is 1.52. The fraction of sp³-hybridized carbons (Fsp3) is 0.316. The molecular weight excluding hydrogens is 338 g/mol. The number of hydrogen-bond acceptors (Lipinski definition) is 3. The summed E-state index contributed by atoms with van der Waals surface area (Å²) in [5, 5.41) is 6.23. The lowest BCUT2D eigenvalue weighted by Crippen LogP contribution is -2.50. The van der Waals surface area contributed by atoms with Crippen molar-refractivity contribution in [3.05, 3.63) is 64.9 Å². The van der Waals surface area contributed by atoms with Crippen molar-refractivity contribution in [2.45, 2.75) is 26.3 Å². The van der Waals surface area contributed by atoms with Gasteiger partial charge in [0.2, 0.25) is 5.91 Å². The summed E-state index contributed by atoms with van der Waals surface area (Å²) in [5.74, 6) is -0.520. The van der Waals surface area contributed by atoms with Gasteiger partial charge in [-0.15, -0.1) is 0 Å². The third kappa shape index (κ3) is 5.87. The molecule has 1 unspecified atom stereocenters. The van der Waals surface area contributed by atoms with Crippen LogP contribution in [0.1, 0.15) is 29.8 Å². The minimum Gasteiger partial charge on any atom is -0.354 e. The monoisotopic (exact) mass is 359 g/mol. The maximum absolute atomic E-state index is 12.4. The number of pyridine rings is 1. The van der Waals surface area contributed by atoms with Crippen LogP contribution >= 0.6 is 11.6 Å². The predicted octanol–water partition coefficient (Wildman–Crippen LogP) is 2.85. The number of carbonyl (C=O) groups excluding carboxylic acids is 2. The zero-order valence-electron chi connectivity index (χ0n) is 14.3. The second kappa shape index (κ2) is 9.18. The van der Waals surface area contributed by atoms with Crippen LogP contribution in [0.5, 0.6) is 0 Å². The van der Waals surface area contributed by atoms with Gasteiger partial charge in [-0.05, 0) is 48.2 Å². The third-order valence-corrected chi connectivity index (χ3v) is 4.03. The number of halogens is 1. The Morgan fingerprint density at radius 2 is 1.88 bits per heavy atom. The lowest BCUT2D eigenvalue weighted by molar-refractivity contribution is -0.123. The molecule has 2 rings (SSSR count). The first kappa shape index (κ1) is 18.9. The molecule has 1 aromatic carbocycles. The number of benzene rings is 1. The van der Waals surface area contributed by atoms with Gasteiger partial charge in [0.15, 0.2) is 0 Å². The van der Waals surface area contributed by atoms with Crippen LogP contribution < -0.4 is 10.6 Å². The number of carbonyl (C=O) groups is 2. The van der Waals surface area contributed by atoms with E-state index in [9.17, 15) is 9.59 Å². The van der Waals surface area contributed by atoms with Gasteiger partial charge in [0.1, 0.15) is 6.04 Å². The molecule has 2 amide bonds. The van der Waals surface area contributed by atoms with Crippen LogP contribution in [0.15, 0.2) is 48.8 Å². The van der Waals surface area contributed by atoms with Crippen molar-refractivity contribution in [1.29, 1.82) is 0 Å². The summed E-state index contributed by atoms with van der Waals surface area (Å²) in [6.45, 7) is 4.28. The van der Waals surface area contributed by atoms with Gasteiger partial charge in [0.25, 0.3) is 5.91 Å². The van der Waals surface area contributed by atoms with Crippen molar-refractivity contribution >= 4 is 23.4 Å². The van der Waals surface area contributed by atoms with Gasteiger partial charge in [-0.2, -0.15) is 0 Å². The molecule has 1 heterocycles. The van der Waals surface area contributed by atoms with E-state index in [-0.39, 0.29) is 17.7 Å². The standard InChI is InChI=1S/C19H22ClN3O2/c1-13(2)17(23-18(24)15-5-7-16(20)8-6-15)19(25)22-11-9-14-4-3-10-21-12-14/h3-8,10,12-13,17H,9,11H2,1-2H3,(H,22,25)(H,23,24). The van der Waals surface area contributed by atoms with E-state index in [0.29, 0.717) is 23.6 Å². The van der Waals surface area contributed by atoms with Gasteiger partial charge in [-0.25, -0.2) is 0 Å². The first-order valence-corrected chi connectivity index (χ1v) is 8.58. The van der Waals surface area contributed by atoms with Crippen LogP contribution in [-0.2, 0) is 11.2 Å². The highest BCUT2D eigenvalue weighted by molar-refractivity contribution is 6.30. The molecule has 0 aliphatic heterocycles. The van der Waals surface area contributed by atoms with E-state index in [2.05, 4.69) is 15.6 Å². The van der Waals surface area contributed by atoms with Crippen molar-refractivity contribution in [1.82, 2.24) is 15.6 Å². The second-order valence-electron chi connectivity index (χ2n) is 6.10. The van der Waals surface area contributed by atoms with Crippen molar-refractivity contribution in [3.63, 3.8) is 0 Å². The third-order valence-electron chi connectivity index (χ3n) is 3.78. The van der Waals surface area contributed by atoms with E-state index >= 15 is 0 Å². The summed E-state index contributed by atoms with van der Waals surface area (Å²) in [6, 6.07) is 9.79. The smallest absolute Gasteiger partial charge is 0.251 e. The summed E-state index contributed by atoms with van der Waals surface area (Å²) in [6.07, 6.45) is 4.17. The largest absolute Gasteiger partial charge is 0.354 e. The van der Waals surface area contributed by atoms with Gasteiger partial charge in [0, 0.05) is 29.5 Å². The normalized spacial score (nSPS) is 11.8. The highest BCUT2D eigenvalue weighted by atomic mass is 35.5. The van der Waals surface area contributed by atoms with Crippen LogP contribution in [0.4, 0.5) is 0 Å². The molecular formula is C19H22ClN3O2. The highest BCUT2D eigenvalue weighted by Gasteiger charge is 2.24. The Kier molecular flexibility index (Phi) is 6.95. The van der Waals surface area contributed by atoms with Crippen molar-refractivity contribution in [2.24, 2.45) is 5.92 Å². The first-order chi connectivity index (χ1) is 12.0. The van der Waals surface area contributed by atoms with Crippen LogP contribution in [-0.4, -0.2) is 29.4 Å². The fourth-order valence-corrected chi connectivity index (χ4v) is 2.47. The molecule has 1 aromatic heterocycles. The number of rotatable bonds is 7. The fourth-order valence-electron chi connectivity index (χ4n) is 2.35. The molecule has 0 bridgehead atoms. The second-order valence-corrected chi connectivity index (χ2v) is 6.54. The first-order valence-electron chi connectivity index (χ1n) is 8.20. The molecule has 0 aliphatic rings. The SMILES string of the molecule is CC(C)C(NC(=O)c1ccc(Cl)cc1)C(=O)NCCc1cccnc1. The molecule has 0 aliphatic carbocycles. The van der Waals surface area contributed by atoms with Gasteiger partial charge >= 0.3 is 0 Å². The van der Waals surface area contributed by atoms with E-state index < -0.39 is 6.04 Å². The number of aromatic nitrogens is 1. The number of nitrogens with zero attached hydrogens (tertiary/aromatic N) is 1. The van der Waals surface area contributed by atoms with Gasteiger partial charge in [0.05, 0.1) is 0 Å². The molecule has 1 atom stereocenters. The zero-order valence-corrected chi connectivity index (χ0v) is 15.1. The Balaban J connectivity index is 1.91. The molecule has 6 heteroatoms. The zero-order chi connectivity index (χ0) is 18.2. The topological polar surface area (TPSA) is 71.1 Å². The lowest BCUT2D eigenvalue weighted by atomic mass is 10.0. The summed E-state index contributed by atoms with van der Waals surface area (Å²) >= 11 is 5.83. The van der Waals surface area contributed by atoms with Crippen molar-refractivity contribution in [2.75, 3.05) is 6.54 Å². The van der Waals surface area contributed by atoms with E-state index in [1.54, 1.807) is 36.7 Å². The van der Waals surface area contributed by atoms with Crippen LogP contribution in [0, 0.1) is 5.92 Å². The number of nitrogens with one attached hydrogen (secondary N) is 2. The minimum absolute atomic E-state index is 0.0327. The molecule has 2 N–H and O–H groups in total. The molecule has 0 saturated carbocycles. The van der Waals surface area contributed by atoms with Gasteiger partial charge < -0.3 is 10.6 Å². The summed E-state index contributed by atoms with van der Waals surface area (Å²) in [7, 11) is 0. The number of hydrogen-bond donors (Lipinski definition) is 2. The quantitative estimate of drug-likeness (QED) is 0.798. The van der Waals surface area contributed by atoms with Crippen LogP contribution in [0.2, 0.25) is 5.02 Å². The van der Waals surface area contributed by atoms with E-state index in [4.69, 9.17) is 11.6 Å². The van der Waals surface area contributed by atoms with Crippen LogP contribution in [0.25, 0.3) is 0 Å². The maximum Gasteiger partial charge on any atom is 0.251 e. The Hall–Kier alpha value is -2.40. The molecule has 25 heavy (non-hydrogen) atoms. The molecule has 0 saturated heterocycles. The Morgan fingerprint density at radius 3 is 2.48 bits per heavy atom. The van der Waals surface area contributed by atoms with E-state index in [1.807, 2.05) is 26.0 Å². The van der Waals surface area contributed by atoms with E-state index in [0.717, 1.165) is 5.56 Å². The Morgan fingerprint density at radius 1 is 1.16 bits per heavy atom. The Labute approximate surface area is 152 Å². The molecule has 132 valence electrons. The molecule has 2 aromatic rings. The van der Waals surface area contributed by atoms with Crippen molar-refractivity contribution < 1.29 is 9.59 Å². The molecule has 0 radical (unpaired) electrons. The Bertz CT molecular complexity index is 702. The maximum atomic E-state index is 12.4. The lowest BCUT2D eigenvalue weighted by Gasteiger charge is -2.21. The van der Waals surface area contributed by atoms with Crippen molar-refractivity contribution in [3.8, 4) is 0 Å².